The van der Waals surface area contributed by atoms with Crippen molar-refractivity contribution in [3.05, 3.63) is 81.2 Å². The molecule has 2 heterocycles. The fourth-order valence-electron chi connectivity index (χ4n) is 3.38. The first-order valence-electron chi connectivity index (χ1n) is 9.12. The number of halogens is 1. The van der Waals surface area contributed by atoms with Gasteiger partial charge < -0.3 is 9.64 Å². The molecule has 3 aromatic rings. The van der Waals surface area contributed by atoms with Crippen molar-refractivity contribution in [2.45, 2.75) is 26.0 Å². The van der Waals surface area contributed by atoms with Gasteiger partial charge in [-0.2, -0.15) is 0 Å². The maximum atomic E-state index is 12.8. The highest BCUT2D eigenvalue weighted by molar-refractivity contribution is 6.30. The van der Waals surface area contributed by atoms with Gasteiger partial charge in [0.15, 0.2) is 6.10 Å². The number of aromatic amines is 1. The second-order valence-corrected chi connectivity index (χ2v) is 7.21. The highest BCUT2D eigenvalue weighted by atomic mass is 35.5. The van der Waals surface area contributed by atoms with E-state index in [9.17, 15) is 9.59 Å². The Hall–Kier alpha value is -2.99. The molecule has 6 nitrogen and oxygen atoms in total. The first-order chi connectivity index (χ1) is 13.5. The fourth-order valence-corrected chi connectivity index (χ4v) is 3.50. The molecule has 0 saturated heterocycles. The van der Waals surface area contributed by atoms with Gasteiger partial charge >= 0.3 is 0 Å². The van der Waals surface area contributed by atoms with Crippen molar-refractivity contribution in [3.63, 3.8) is 0 Å². The third kappa shape index (κ3) is 3.55. The Bertz CT molecular complexity index is 1040. The van der Waals surface area contributed by atoms with Crippen LogP contribution in [0, 0.1) is 0 Å². The van der Waals surface area contributed by atoms with Crippen LogP contribution in [0.25, 0.3) is 5.69 Å². The van der Waals surface area contributed by atoms with Crippen molar-refractivity contribution in [2.75, 3.05) is 6.54 Å². The Balaban J connectivity index is 1.50. The predicted octanol–water partition coefficient (Wildman–Crippen LogP) is 3.17. The molecular weight excluding hydrogens is 378 g/mol. The number of benzene rings is 2. The lowest BCUT2D eigenvalue weighted by molar-refractivity contribution is -0.138. The lowest BCUT2D eigenvalue weighted by Crippen LogP contribution is -2.44. The minimum Gasteiger partial charge on any atom is -0.481 e. The Labute approximate surface area is 167 Å². The van der Waals surface area contributed by atoms with Crippen LogP contribution in [0.2, 0.25) is 5.02 Å². The quantitative estimate of drug-likeness (QED) is 0.735. The Morgan fingerprint density at radius 2 is 1.86 bits per heavy atom. The number of aromatic nitrogens is 2. The van der Waals surface area contributed by atoms with E-state index in [0.717, 1.165) is 11.4 Å². The van der Waals surface area contributed by atoms with Gasteiger partial charge in [0.25, 0.3) is 11.5 Å². The number of carbonyl (C=O) groups excluding carboxylic acids is 1. The summed E-state index contributed by atoms with van der Waals surface area (Å²) in [5.74, 6) is 0.434. The zero-order valence-corrected chi connectivity index (χ0v) is 16.1. The molecule has 0 radical (unpaired) electrons. The lowest BCUT2D eigenvalue weighted by Gasteiger charge is -2.28. The van der Waals surface area contributed by atoms with Crippen LogP contribution < -0.4 is 10.3 Å². The molecule has 1 aliphatic rings. The molecule has 0 saturated carbocycles. The van der Waals surface area contributed by atoms with Gasteiger partial charge in [-0.3, -0.25) is 14.7 Å². The van der Waals surface area contributed by atoms with Crippen LogP contribution in [-0.4, -0.2) is 33.2 Å². The Morgan fingerprint density at radius 3 is 2.57 bits per heavy atom. The molecule has 7 heteroatoms. The Kier molecular flexibility index (Phi) is 4.96. The van der Waals surface area contributed by atoms with Crippen LogP contribution in [-0.2, 0) is 17.8 Å². The van der Waals surface area contributed by atoms with Crippen LogP contribution in [0.5, 0.6) is 5.75 Å². The predicted molar refractivity (Wildman–Crippen MR) is 107 cm³/mol. The maximum Gasteiger partial charge on any atom is 0.276 e. The van der Waals surface area contributed by atoms with Crippen molar-refractivity contribution in [1.29, 1.82) is 0 Å². The molecule has 4 rings (SSSR count). The Morgan fingerprint density at radius 1 is 1.14 bits per heavy atom. The number of H-pyrrole nitrogens is 1. The average Bonchev–Trinajstić information content (AvgIpc) is 3.06. The molecule has 0 bridgehead atoms. The van der Waals surface area contributed by atoms with Crippen molar-refractivity contribution in [3.8, 4) is 11.4 Å². The summed E-state index contributed by atoms with van der Waals surface area (Å²) in [6.45, 7) is 2.53. The van der Waals surface area contributed by atoms with E-state index in [1.54, 1.807) is 36.1 Å². The second kappa shape index (κ2) is 7.56. The molecule has 0 spiro atoms. The SMILES string of the molecule is CC(Oc1ccc(Cl)cc1)C(=O)N1CCc2[nH]n(-c3ccccc3)c(=O)c2C1. The monoisotopic (exact) mass is 397 g/mol. The van der Waals surface area contributed by atoms with Crippen LogP contribution >= 0.6 is 11.6 Å². The highest BCUT2D eigenvalue weighted by Crippen LogP contribution is 2.20. The molecule has 0 aliphatic carbocycles. The van der Waals surface area contributed by atoms with Crippen LogP contribution in [0.3, 0.4) is 0 Å². The van der Waals surface area contributed by atoms with Crippen molar-refractivity contribution < 1.29 is 9.53 Å². The third-order valence-corrected chi connectivity index (χ3v) is 5.11. The second-order valence-electron chi connectivity index (χ2n) is 6.77. The summed E-state index contributed by atoms with van der Waals surface area (Å²) >= 11 is 5.88. The zero-order chi connectivity index (χ0) is 19.7. The zero-order valence-electron chi connectivity index (χ0n) is 15.4. The first kappa shape index (κ1) is 18.4. The summed E-state index contributed by atoms with van der Waals surface area (Å²) in [5.41, 5.74) is 2.16. The molecule has 144 valence electrons. The fraction of sp³-hybridized carbons (Fsp3) is 0.238. The van der Waals surface area contributed by atoms with Gasteiger partial charge in [0.1, 0.15) is 5.75 Å². The summed E-state index contributed by atoms with van der Waals surface area (Å²) in [4.78, 5) is 27.3. The summed E-state index contributed by atoms with van der Waals surface area (Å²) in [5, 5.41) is 3.78. The van der Waals surface area contributed by atoms with Crippen molar-refractivity contribution >= 4 is 17.5 Å². The summed E-state index contributed by atoms with van der Waals surface area (Å²) in [6.07, 6.45) is -0.0536. The van der Waals surface area contributed by atoms with Gasteiger partial charge in [-0.1, -0.05) is 29.8 Å². The first-order valence-corrected chi connectivity index (χ1v) is 9.50. The van der Waals surface area contributed by atoms with Gasteiger partial charge in [0.2, 0.25) is 0 Å². The van der Waals surface area contributed by atoms with E-state index in [1.165, 1.54) is 4.68 Å². The van der Waals surface area contributed by atoms with Crippen LogP contribution in [0.15, 0.2) is 59.4 Å². The maximum absolute atomic E-state index is 12.8. The van der Waals surface area contributed by atoms with E-state index < -0.39 is 6.10 Å². The molecule has 1 aliphatic heterocycles. The van der Waals surface area contributed by atoms with Gasteiger partial charge in [-0.05, 0) is 43.3 Å². The van der Waals surface area contributed by atoms with Gasteiger partial charge in [0.05, 0.1) is 17.8 Å². The average molecular weight is 398 g/mol. The number of carbonyl (C=O) groups is 1. The van der Waals surface area contributed by atoms with E-state index >= 15 is 0 Å². The molecule has 1 N–H and O–H groups in total. The molecule has 0 fully saturated rings. The number of para-hydroxylation sites is 1. The molecule has 1 amide bonds. The number of fused-ring (bicyclic) bond motifs is 1. The molecule has 1 unspecified atom stereocenters. The van der Waals surface area contributed by atoms with E-state index in [2.05, 4.69) is 5.10 Å². The minimum atomic E-state index is -0.655. The number of nitrogens with zero attached hydrogens (tertiary/aromatic N) is 2. The van der Waals surface area contributed by atoms with E-state index in [-0.39, 0.29) is 18.0 Å². The largest absolute Gasteiger partial charge is 0.481 e. The number of hydrogen-bond donors (Lipinski definition) is 1. The van der Waals surface area contributed by atoms with Crippen molar-refractivity contribution in [1.82, 2.24) is 14.7 Å². The number of nitrogens with one attached hydrogen (secondary N) is 1. The molecule has 1 aromatic heterocycles. The summed E-state index contributed by atoms with van der Waals surface area (Å²) in [6, 6.07) is 16.3. The smallest absolute Gasteiger partial charge is 0.276 e. The number of hydrogen-bond acceptors (Lipinski definition) is 3. The third-order valence-electron chi connectivity index (χ3n) is 4.85. The minimum absolute atomic E-state index is 0.120. The lowest BCUT2D eigenvalue weighted by atomic mass is 10.1. The highest BCUT2D eigenvalue weighted by Gasteiger charge is 2.29. The van der Waals surface area contributed by atoms with E-state index in [0.29, 0.717) is 29.3 Å². The normalized spacial score (nSPS) is 14.4. The number of amides is 1. The van der Waals surface area contributed by atoms with E-state index in [4.69, 9.17) is 16.3 Å². The van der Waals surface area contributed by atoms with Crippen LogP contribution in [0.1, 0.15) is 18.2 Å². The molecule has 2 aromatic carbocycles. The molecule has 1 atom stereocenters. The molecular formula is C21H20ClN3O3. The topological polar surface area (TPSA) is 67.3 Å². The van der Waals surface area contributed by atoms with Crippen LogP contribution in [0.4, 0.5) is 0 Å². The van der Waals surface area contributed by atoms with E-state index in [1.807, 2.05) is 30.3 Å². The summed E-state index contributed by atoms with van der Waals surface area (Å²) < 4.78 is 7.27. The number of rotatable bonds is 4. The molecule has 28 heavy (non-hydrogen) atoms. The standard InChI is InChI=1S/C21H20ClN3O3/c1-14(28-17-9-7-15(22)8-10-17)20(26)24-12-11-19-18(13-24)21(27)25(23-19)16-5-3-2-4-6-16/h2-10,14,23H,11-13H2,1H3. The van der Waals surface area contributed by atoms with Gasteiger partial charge in [-0.15, -0.1) is 0 Å². The summed E-state index contributed by atoms with van der Waals surface area (Å²) in [7, 11) is 0. The van der Waals surface area contributed by atoms with Crippen molar-refractivity contribution in [2.24, 2.45) is 0 Å². The van der Waals surface area contributed by atoms with Gasteiger partial charge in [0, 0.05) is 23.7 Å². The van der Waals surface area contributed by atoms with Gasteiger partial charge in [-0.25, -0.2) is 4.68 Å². The number of ether oxygens (including phenoxy) is 1.